The maximum Gasteiger partial charge on any atom is 0.330 e. The Morgan fingerprint density at radius 3 is 2.13 bits per heavy atom. The fourth-order valence-electron chi connectivity index (χ4n) is 2.19. The summed E-state index contributed by atoms with van der Waals surface area (Å²) in [6.07, 6.45) is 0. The first-order valence-corrected chi connectivity index (χ1v) is 7.18. The molecule has 122 valence electrons. The van der Waals surface area contributed by atoms with Gasteiger partial charge in [-0.25, -0.2) is 4.79 Å². The number of nitrogens with one attached hydrogen (secondary N) is 3. The van der Waals surface area contributed by atoms with Gasteiger partial charge in [0.1, 0.15) is 5.82 Å². The van der Waals surface area contributed by atoms with Gasteiger partial charge in [-0.05, 0) is 45.0 Å². The van der Waals surface area contributed by atoms with Gasteiger partial charge in [-0.3, -0.25) is 19.1 Å². The van der Waals surface area contributed by atoms with Gasteiger partial charge in [0.05, 0.1) is 0 Å². The second kappa shape index (κ2) is 6.12. The number of rotatable bonds is 3. The number of anilines is 3. The lowest BCUT2D eigenvalue weighted by Gasteiger charge is -2.21. The van der Waals surface area contributed by atoms with Crippen LogP contribution in [-0.2, 0) is 10.3 Å². The Labute approximate surface area is 133 Å². The van der Waals surface area contributed by atoms with Gasteiger partial charge in [0, 0.05) is 29.9 Å². The van der Waals surface area contributed by atoms with Crippen molar-refractivity contribution in [2.45, 2.75) is 33.2 Å². The molecule has 2 aromatic rings. The average Bonchev–Trinajstić information content (AvgIpc) is 2.38. The summed E-state index contributed by atoms with van der Waals surface area (Å²) >= 11 is 0. The summed E-state index contributed by atoms with van der Waals surface area (Å²) in [7, 11) is 0. The van der Waals surface area contributed by atoms with Crippen LogP contribution in [0.4, 0.5) is 17.2 Å². The number of carbonyl (C=O) groups excluding carboxylic acids is 1. The number of benzene rings is 1. The van der Waals surface area contributed by atoms with E-state index in [9.17, 15) is 14.4 Å². The smallest absolute Gasteiger partial charge is 0.330 e. The van der Waals surface area contributed by atoms with Gasteiger partial charge in [-0.2, -0.15) is 0 Å². The molecule has 0 saturated carbocycles. The van der Waals surface area contributed by atoms with Crippen LogP contribution in [0, 0.1) is 0 Å². The summed E-state index contributed by atoms with van der Waals surface area (Å²) in [6, 6.07) is 8.25. The summed E-state index contributed by atoms with van der Waals surface area (Å²) in [5, 5.41) is 5.62. The first-order valence-electron chi connectivity index (χ1n) is 7.18. The van der Waals surface area contributed by atoms with Crippen molar-refractivity contribution in [1.82, 2.24) is 9.55 Å². The average molecular weight is 316 g/mol. The lowest BCUT2D eigenvalue weighted by Crippen LogP contribution is -2.44. The highest BCUT2D eigenvalue weighted by molar-refractivity contribution is 5.88. The summed E-state index contributed by atoms with van der Waals surface area (Å²) in [6.45, 7) is 6.80. The lowest BCUT2D eigenvalue weighted by molar-refractivity contribution is -0.114. The van der Waals surface area contributed by atoms with Crippen molar-refractivity contribution >= 4 is 23.1 Å². The van der Waals surface area contributed by atoms with Crippen LogP contribution in [0.5, 0.6) is 0 Å². The summed E-state index contributed by atoms with van der Waals surface area (Å²) in [4.78, 5) is 37.8. The number of carbonyl (C=O) groups is 1. The minimum atomic E-state index is -0.594. The molecular formula is C16H20N4O3. The monoisotopic (exact) mass is 316 g/mol. The van der Waals surface area contributed by atoms with Crippen LogP contribution in [0.1, 0.15) is 27.7 Å². The predicted octanol–water partition coefficient (Wildman–Crippen LogP) is 1.99. The molecule has 2 rings (SSSR count). The first-order chi connectivity index (χ1) is 10.7. The van der Waals surface area contributed by atoms with Crippen LogP contribution in [0.25, 0.3) is 0 Å². The van der Waals surface area contributed by atoms with Gasteiger partial charge in [0.25, 0.3) is 5.56 Å². The van der Waals surface area contributed by atoms with Gasteiger partial charge in [-0.1, -0.05) is 0 Å². The van der Waals surface area contributed by atoms with Crippen molar-refractivity contribution < 1.29 is 4.79 Å². The molecule has 0 saturated heterocycles. The normalized spacial score (nSPS) is 11.1. The lowest BCUT2D eigenvalue weighted by atomic mass is 10.1. The van der Waals surface area contributed by atoms with Crippen molar-refractivity contribution in [1.29, 1.82) is 0 Å². The second-order valence-corrected chi connectivity index (χ2v) is 6.22. The number of hydrogen-bond donors (Lipinski definition) is 3. The topological polar surface area (TPSA) is 96.0 Å². The number of hydrogen-bond acceptors (Lipinski definition) is 4. The number of aromatic nitrogens is 2. The van der Waals surface area contributed by atoms with E-state index in [2.05, 4.69) is 15.6 Å². The molecule has 1 aromatic carbocycles. The summed E-state index contributed by atoms with van der Waals surface area (Å²) < 4.78 is 1.16. The molecular weight excluding hydrogens is 296 g/mol. The molecule has 3 N–H and O–H groups in total. The summed E-state index contributed by atoms with van der Waals surface area (Å²) in [5.41, 5.74) is -0.0910. The van der Waals surface area contributed by atoms with Crippen LogP contribution < -0.4 is 21.9 Å². The van der Waals surface area contributed by atoms with E-state index in [1.807, 2.05) is 0 Å². The highest BCUT2D eigenvalue weighted by Gasteiger charge is 2.18. The molecule has 1 amide bonds. The largest absolute Gasteiger partial charge is 0.342 e. The highest BCUT2D eigenvalue weighted by Crippen LogP contribution is 2.16. The third-order valence-electron chi connectivity index (χ3n) is 3.09. The van der Waals surface area contributed by atoms with Crippen molar-refractivity contribution in [2.75, 3.05) is 10.6 Å². The zero-order valence-corrected chi connectivity index (χ0v) is 13.6. The number of nitrogens with zero attached hydrogens (tertiary/aromatic N) is 1. The standard InChI is InChI=1S/C16H20N4O3/c1-10(21)17-11-5-7-12(8-6-11)18-13-9-14(22)20(15(23)19-13)16(2,3)4/h5-9,18H,1-4H3,(H,17,21)(H,19,23). The third kappa shape index (κ3) is 4.09. The minimum Gasteiger partial charge on any atom is -0.342 e. The van der Waals surface area contributed by atoms with Gasteiger partial charge in [0.15, 0.2) is 0 Å². The van der Waals surface area contributed by atoms with Crippen LogP contribution in [0.3, 0.4) is 0 Å². The molecule has 7 nitrogen and oxygen atoms in total. The number of aromatic amines is 1. The van der Waals surface area contributed by atoms with E-state index in [0.717, 1.165) is 4.57 Å². The fourth-order valence-corrected chi connectivity index (χ4v) is 2.19. The maximum atomic E-state index is 12.1. The van der Waals surface area contributed by atoms with Gasteiger partial charge in [0.2, 0.25) is 5.91 Å². The Balaban J connectivity index is 2.26. The molecule has 0 aliphatic rings. The first kappa shape index (κ1) is 16.5. The molecule has 1 aromatic heterocycles. The molecule has 0 atom stereocenters. The summed E-state index contributed by atoms with van der Waals surface area (Å²) in [5.74, 6) is 0.161. The minimum absolute atomic E-state index is 0.152. The Morgan fingerprint density at radius 1 is 1.09 bits per heavy atom. The van der Waals surface area contributed by atoms with Crippen LogP contribution in [-0.4, -0.2) is 15.5 Å². The van der Waals surface area contributed by atoms with E-state index in [-0.39, 0.29) is 11.5 Å². The van der Waals surface area contributed by atoms with Crippen LogP contribution in [0.15, 0.2) is 39.9 Å². The molecule has 0 aliphatic heterocycles. The Bertz CT molecular complexity index is 795. The van der Waals surface area contributed by atoms with E-state index in [0.29, 0.717) is 17.2 Å². The Kier molecular flexibility index (Phi) is 4.40. The molecule has 7 heteroatoms. The molecule has 0 radical (unpaired) electrons. The van der Waals surface area contributed by atoms with Gasteiger partial charge in [-0.15, -0.1) is 0 Å². The molecule has 0 bridgehead atoms. The van der Waals surface area contributed by atoms with E-state index in [4.69, 9.17) is 0 Å². The van der Waals surface area contributed by atoms with Crippen molar-refractivity contribution in [3.05, 3.63) is 51.2 Å². The molecule has 1 heterocycles. The molecule has 0 fully saturated rings. The van der Waals surface area contributed by atoms with Crippen LogP contribution in [0.2, 0.25) is 0 Å². The zero-order valence-electron chi connectivity index (χ0n) is 13.6. The Hall–Kier alpha value is -2.83. The SMILES string of the molecule is CC(=O)Nc1ccc(Nc2cc(=O)n(C(C)(C)C)c(=O)[nH]2)cc1. The maximum absolute atomic E-state index is 12.1. The van der Waals surface area contributed by atoms with E-state index < -0.39 is 11.2 Å². The zero-order chi connectivity index (χ0) is 17.2. The highest BCUT2D eigenvalue weighted by atomic mass is 16.2. The molecule has 0 unspecified atom stereocenters. The van der Waals surface area contributed by atoms with Crippen LogP contribution >= 0.6 is 0 Å². The number of H-pyrrole nitrogens is 1. The van der Waals surface area contributed by atoms with Crippen molar-refractivity contribution in [2.24, 2.45) is 0 Å². The van der Waals surface area contributed by atoms with E-state index in [1.54, 1.807) is 45.0 Å². The molecule has 23 heavy (non-hydrogen) atoms. The number of amides is 1. The van der Waals surface area contributed by atoms with Crippen molar-refractivity contribution in [3.8, 4) is 0 Å². The molecule has 0 spiro atoms. The molecule has 0 aliphatic carbocycles. The fraction of sp³-hybridized carbons (Fsp3) is 0.312. The van der Waals surface area contributed by atoms with E-state index >= 15 is 0 Å². The Morgan fingerprint density at radius 2 is 1.65 bits per heavy atom. The predicted molar refractivity (Wildman–Crippen MR) is 90.3 cm³/mol. The second-order valence-electron chi connectivity index (χ2n) is 6.22. The van der Waals surface area contributed by atoms with Gasteiger partial charge < -0.3 is 10.6 Å². The van der Waals surface area contributed by atoms with E-state index in [1.165, 1.54) is 13.0 Å². The van der Waals surface area contributed by atoms with Crippen molar-refractivity contribution in [3.63, 3.8) is 0 Å². The quantitative estimate of drug-likeness (QED) is 0.807. The third-order valence-corrected chi connectivity index (χ3v) is 3.09. The van der Waals surface area contributed by atoms with Gasteiger partial charge >= 0.3 is 5.69 Å².